The molecule has 2 atom stereocenters. The zero-order chi connectivity index (χ0) is 13.5. The van der Waals surface area contributed by atoms with Crippen LogP contribution in [0.2, 0.25) is 0 Å². The van der Waals surface area contributed by atoms with Crippen molar-refractivity contribution in [2.45, 2.75) is 31.7 Å². The van der Waals surface area contributed by atoms with Crippen molar-refractivity contribution in [2.75, 3.05) is 20.6 Å². The first-order valence-corrected chi connectivity index (χ1v) is 6.44. The van der Waals surface area contributed by atoms with Crippen LogP contribution >= 0.6 is 0 Å². The average Bonchev–Trinajstić information content (AvgIpc) is 2.38. The third kappa shape index (κ3) is 3.75. The molecular formula is C13H23N3O2. The first-order valence-electron chi connectivity index (χ1n) is 6.44. The van der Waals surface area contributed by atoms with Gasteiger partial charge in [0.05, 0.1) is 5.92 Å². The number of hydrogen-bond donors (Lipinski definition) is 2. The minimum absolute atomic E-state index is 0.0198. The lowest BCUT2D eigenvalue weighted by molar-refractivity contribution is -0.126. The van der Waals surface area contributed by atoms with Crippen LogP contribution < -0.4 is 10.6 Å². The van der Waals surface area contributed by atoms with Gasteiger partial charge in [0.2, 0.25) is 5.91 Å². The number of hydrogen-bond acceptors (Lipinski definition) is 2. The molecule has 0 saturated heterocycles. The van der Waals surface area contributed by atoms with E-state index in [2.05, 4.69) is 17.2 Å². The summed E-state index contributed by atoms with van der Waals surface area (Å²) in [7, 11) is 3.36. The molecule has 0 radical (unpaired) electrons. The predicted octanol–water partition coefficient (Wildman–Crippen LogP) is 1.12. The third-order valence-electron chi connectivity index (χ3n) is 3.41. The second-order valence-corrected chi connectivity index (χ2v) is 4.73. The van der Waals surface area contributed by atoms with Crippen molar-refractivity contribution in [1.82, 2.24) is 15.5 Å². The molecule has 0 aromatic heterocycles. The molecule has 1 saturated carbocycles. The summed E-state index contributed by atoms with van der Waals surface area (Å²) in [6.07, 6.45) is 5.49. The van der Waals surface area contributed by atoms with Gasteiger partial charge in [0.1, 0.15) is 0 Å². The number of likely N-dealkylation sites (N-methyl/N-ethyl adjacent to an activating group) is 1. The number of rotatable bonds is 4. The lowest BCUT2D eigenvalue weighted by Crippen LogP contribution is -2.51. The summed E-state index contributed by atoms with van der Waals surface area (Å²) in [5.74, 6) is -0.0868. The molecule has 5 heteroatoms. The molecular weight excluding hydrogens is 230 g/mol. The van der Waals surface area contributed by atoms with Gasteiger partial charge < -0.3 is 15.5 Å². The second-order valence-electron chi connectivity index (χ2n) is 4.73. The van der Waals surface area contributed by atoms with Gasteiger partial charge in [-0.15, -0.1) is 6.58 Å². The summed E-state index contributed by atoms with van der Waals surface area (Å²) in [5.41, 5.74) is 0. The summed E-state index contributed by atoms with van der Waals surface area (Å²) in [4.78, 5) is 25.2. The average molecular weight is 253 g/mol. The van der Waals surface area contributed by atoms with Crippen molar-refractivity contribution >= 4 is 11.9 Å². The van der Waals surface area contributed by atoms with Crippen LogP contribution in [0.15, 0.2) is 12.7 Å². The van der Waals surface area contributed by atoms with Gasteiger partial charge >= 0.3 is 6.03 Å². The zero-order valence-electron chi connectivity index (χ0n) is 11.2. The molecule has 5 nitrogen and oxygen atoms in total. The minimum atomic E-state index is -0.143. The summed E-state index contributed by atoms with van der Waals surface area (Å²) in [6.45, 7) is 4.10. The van der Waals surface area contributed by atoms with Crippen LogP contribution in [0.4, 0.5) is 4.79 Å². The molecule has 1 fully saturated rings. The van der Waals surface area contributed by atoms with E-state index in [0.717, 1.165) is 25.7 Å². The maximum Gasteiger partial charge on any atom is 0.317 e. The number of nitrogens with one attached hydrogen (secondary N) is 2. The van der Waals surface area contributed by atoms with E-state index in [1.807, 2.05) is 0 Å². The monoisotopic (exact) mass is 253 g/mol. The Balaban J connectivity index is 2.59. The fraction of sp³-hybridized carbons (Fsp3) is 0.692. The van der Waals surface area contributed by atoms with Gasteiger partial charge in [-0.25, -0.2) is 4.79 Å². The zero-order valence-corrected chi connectivity index (χ0v) is 11.2. The van der Waals surface area contributed by atoms with Crippen molar-refractivity contribution in [2.24, 2.45) is 5.92 Å². The Bertz CT molecular complexity index is 317. The van der Waals surface area contributed by atoms with Crippen LogP contribution in [0.1, 0.15) is 25.7 Å². The van der Waals surface area contributed by atoms with E-state index in [-0.39, 0.29) is 23.9 Å². The smallest absolute Gasteiger partial charge is 0.317 e. The van der Waals surface area contributed by atoms with Crippen LogP contribution in [0, 0.1) is 5.92 Å². The molecule has 18 heavy (non-hydrogen) atoms. The van der Waals surface area contributed by atoms with Crippen LogP contribution in [0.5, 0.6) is 0 Å². The van der Waals surface area contributed by atoms with E-state index in [0.29, 0.717) is 6.54 Å². The number of urea groups is 1. The highest BCUT2D eigenvalue weighted by molar-refractivity contribution is 5.81. The Hall–Kier alpha value is -1.52. The van der Waals surface area contributed by atoms with Crippen LogP contribution in [-0.2, 0) is 4.79 Å². The Kier molecular flexibility index (Phi) is 5.68. The number of carbonyl (C=O) groups is 2. The van der Waals surface area contributed by atoms with Crippen molar-refractivity contribution in [1.29, 1.82) is 0 Å². The first-order chi connectivity index (χ1) is 8.60. The van der Waals surface area contributed by atoms with E-state index in [1.165, 1.54) is 0 Å². The van der Waals surface area contributed by atoms with E-state index in [9.17, 15) is 9.59 Å². The molecule has 0 heterocycles. The Morgan fingerprint density at radius 2 is 2.06 bits per heavy atom. The first kappa shape index (κ1) is 14.5. The lowest BCUT2D eigenvalue weighted by Gasteiger charge is -2.32. The van der Waals surface area contributed by atoms with Gasteiger partial charge in [-0.05, 0) is 12.8 Å². The standard InChI is InChI=1S/C13H23N3O2/c1-4-9-16(3)13(18)15-11-8-6-5-7-10(11)12(17)14-2/h4,10-11H,1,5-9H2,2-3H3,(H,14,17)(H,15,18)/t10-,11-/m1/s1. The molecule has 0 spiro atoms. The van der Waals surface area contributed by atoms with E-state index in [4.69, 9.17) is 0 Å². The second kappa shape index (κ2) is 7.03. The predicted molar refractivity (Wildman–Crippen MR) is 71.2 cm³/mol. The largest absolute Gasteiger partial charge is 0.359 e. The lowest BCUT2D eigenvalue weighted by atomic mass is 9.84. The van der Waals surface area contributed by atoms with Crippen LogP contribution in [-0.4, -0.2) is 43.5 Å². The highest BCUT2D eigenvalue weighted by Crippen LogP contribution is 2.24. The fourth-order valence-corrected chi connectivity index (χ4v) is 2.35. The van der Waals surface area contributed by atoms with E-state index >= 15 is 0 Å². The van der Waals surface area contributed by atoms with Gasteiger partial charge in [-0.2, -0.15) is 0 Å². The number of nitrogens with zero attached hydrogens (tertiary/aromatic N) is 1. The molecule has 0 aromatic carbocycles. The number of carbonyl (C=O) groups excluding carboxylic acids is 2. The van der Waals surface area contributed by atoms with E-state index in [1.54, 1.807) is 25.1 Å². The maximum absolute atomic E-state index is 11.9. The minimum Gasteiger partial charge on any atom is -0.359 e. The number of amides is 3. The van der Waals surface area contributed by atoms with Gasteiger partial charge in [-0.1, -0.05) is 18.9 Å². The molecule has 1 aliphatic rings. The van der Waals surface area contributed by atoms with Gasteiger partial charge in [-0.3, -0.25) is 4.79 Å². The third-order valence-corrected chi connectivity index (χ3v) is 3.41. The highest BCUT2D eigenvalue weighted by Gasteiger charge is 2.31. The molecule has 1 rings (SSSR count). The Morgan fingerprint density at radius 3 is 2.67 bits per heavy atom. The van der Waals surface area contributed by atoms with Gasteiger partial charge in [0, 0.05) is 26.7 Å². The summed E-state index contributed by atoms with van der Waals surface area (Å²) in [5, 5.41) is 5.62. The molecule has 102 valence electrons. The van der Waals surface area contributed by atoms with E-state index < -0.39 is 0 Å². The van der Waals surface area contributed by atoms with Crippen molar-refractivity contribution in [3.8, 4) is 0 Å². The summed E-state index contributed by atoms with van der Waals surface area (Å²) in [6, 6.07) is -0.200. The normalized spacial score (nSPS) is 23.0. The molecule has 0 bridgehead atoms. The van der Waals surface area contributed by atoms with Gasteiger partial charge in [0.25, 0.3) is 0 Å². The molecule has 0 aromatic rings. The molecule has 0 unspecified atom stereocenters. The summed E-state index contributed by atoms with van der Waals surface area (Å²) < 4.78 is 0. The molecule has 3 amide bonds. The molecule has 2 N–H and O–H groups in total. The van der Waals surface area contributed by atoms with Crippen LogP contribution in [0.25, 0.3) is 0 Å². The SMILES string of the molecule is C=CCN(C)C(=O)N[C@@H]1CCCC[C@H]1C(=O)NC. The maximum atomic E-state index is 11.9. The highest BCUT2D eigenvalue weighted by atomic mass is 16.2. The quantitative estimate of drug-likeness (QED) is 0.738. The fourth-order valence-electron chi connectivity index (χ4n) is 2.35. The summed E-state index contributed by atoms with van der Waals surface area (Å²) >= 11 is 0. The van der Waals surface area contributed by atoms with Crippen LogP contribution in [0.3, 0.4) is 0 Å². The van der Waals surface area contributed by atoms with Crippen molar-refractivity contribution in [3.05, 3.63) is 12.7 Å². The molecule has 1 aliphatic carbocycles. The van der Waals surface area contributed by atoms with Crippen molar-refractivity contribution < 1.29 is 9.59 Å². The van der Waals surface area contributed by atoms with Crippen molar-refractivity contribution in [3.63, 3.8) is 0 Å². The Labute approximate surface area is 109 Å². The Morgan fingerprint density at radius 1 is 1.39 bits per heavy atom. The molecule has 0 aliphatic heterocycles. The topological polar surface area (TPSA) is 61.4 Å². The van der Waals surface area contributed by atoms with Gasteiger partial charge in [0.15, 0.2) is 0 Å².